The summed E-state index contributed by atoms with van der Waals surface area (Å²) in [5.74, 6) is 0. The number of rotatable bonds is 0. The molecule has 0 bridgehead atoms. The minimum absolute atomic E-state index is 0. The van der Waals surface area contributed by atoms with E-state index >= 15 is 0 Å². The topological polar surface area (TPSA) is 0 Å². The van der Waals surface area contributed by atoms with Crippen LogP contribution in [0, 0.1) is 16.2 Å². The molecule has 0 N–H and O–H groups in total. The van der Waals surface area contributed by atoms with Gasteiger partial charge in [-0.1, -0.05) is 191 Å². The normalized spacial score (nSPS) is 10.7. The molecule has 0 aromatic heterocycles. The Morgan fingerprint density at radius 3 is 0.457 bits per heavy atom. The summed E-state index contributed by atoms with van der Waals surface area (Å²) in [7, 11) is 0. The average Bonchev–Trinajstić information content (AvgIpc) is 2.52. The van der Waals surface area contributed by atoms with Crippen LogP contribution in [0.1, 0.15) is 178 Å². The summed E-state index contributed by atoms with van der Waals surface area (Å²) < 4.78 is 0. The highest BCUT2D eigenvalue weighted by molar-refractivity contribution is 5.30. The van der Waals surface area contributed by atoms with Gasteiger partial charge >= 0.3 is 0 Å². The van der Waals surface area contributed by atoms with Crippen molar-refractivity contribution in [2.75, 3.05) is 0 Å². The fourth-order valence-corrected chi connectivity index (χ4v) is 1.47. The molecule has 0 aliphatic heterocycles. The Bertz CT molecular complexity index is 429. The van der Waals surface area contributed by atoms with E-state index in [2.05, 4.69) is 149 Å². The highest BCUT2D eigenvalue weighted by Crippen LogP contribution is 2.26. The van der Waals surface area contributed by atoms with Crippen molar-refractivity contribution in [3.8, 4) is 0 Å². The molecule has 0 saturated carbocycles. The van der Waals surface area contributed by atoms with E-state index in [0.717, 1.165) is 0 Å². The fraction of sp³-hybridized carbons (Fsp3) is 0.829. The van der Waals surface area contributed by atoms with Crippen LogP contribution in [0.4, 0.5) is 0 Å². The molecule has 218 valence electrons. The van der Waals surface area contributed by atoms with Crippen molar-refractivity contribution in [2.45, 2.75) is 178 Å². The maximum Gasteiger partial charge on any atom is -0.0132 e. The maximum atomic E-state index is 2.25. The van der Waals surface area contributed by atoms with E-state index in [-0.39, 0.29) is 25.7 Å². The summed E-state index contributed by atoms with van der Waals surface area (Å²) in [5.41, 5.74) is 4.84. The lowest BCUT2D eigenvalue weighted by Gasteiger charge is -2.23. The van der Waals surface area contributed by atoms with Gasteiger partial charge < -0.3 is 0 Å². The van der Waals surface area contributed by atoms with Crippen molar-refractivity contribution in [1.82, 2.24) is 0 Å². The Morgan fingerprint density at radius 1 is 0.314 bits per heavy atom. The van der Waals surface area contributed by atoms with Gasteiger partial charge in [0.2, 0.25) is 0 Å². The van der Waals surface area contributed by atoms with Gasteiger partial charge in [0.1, 0.15) is 0 Å². The van der Waals surface area contributed by atoms with Gasteiger partial charge in [0.15, 0.2) is 0 Å². The Morgan fingerprint density at radius 2 is 0.400 bits per heavy atom. The first-order valence-electron chi connectivity index (χ1n) is 13.3. The molecule has 0 nitrogen and oxygen atoms in total. The number of hydrogen-bond donors (Lipinski definition) is 0. The second kappa shape index (κ2) is 22.4. The standard InChI is InChI=1S/C14H22.3C5H12.2C2H6.2CH4/c1-13(2,3)11-7-9-12(10-8-11)14(4,5)6;3*1-5(2,3)4;2*1-2;;/h7-10H,1-6H3;3*1-4H3;2*1-2H3;2*1H4. The van der Waals surface area contributed by atoms with E-state index in [1.54, 1.807) is 0 Å². The molecule has 0 heterocycles. The molecule has 35 heavy (non-hydrogen) atoms. The van der Waals surface area contributed by atoms with Crippen LogP contribution in [-0.2, 0) is 10.8 Å². The third-order valence-electron chi connectivity index (χ3n) is 2.62. The van der Waals surface area contributed by atoms with E-state index in [1.807, 2.05) is 27.7 Å². The van der Waals surface area contributed by atoms with Crippen LogP contribution < -0.4 is 0 Å². The molecule has 1 rings (SSSR count). The van der Waals surface area contributed by atoms with Crippen molar-refractivity contribution in [3.63, 3.8) is 0 Å². The van der Waals surface area contributed by atoms with E-state index in [1.165, 1.54) is 11.1 Å². The summed E-state index contributed by atoms with van der Waals surface area (Å²) in [6.45, 7) is 47.7. The van der Waals surface area contributed by atoms with Crippen LogP contribution in [-0.4, -0.2) is 0 Å². The summed E-state index contributed by atoms with van der Waals surface area (Å²) in [5, 5.41) is 0. The fourth-order valence-electron chi connectivity index (χ4n) is 1.47. The highest BCUT2D eigenvalue weighted by atomic mass is 14.2. The molecule has 1 aromatic rings. The zero-order chi connectivity index (χ0) is 28.5. The highest BCUT2D eigenvalue weighted by Gasteiger charge is 2.16. The molecule has 0 unspecified atom stereocenters. The molecule has 0 aliphatic carbocycles. The van der Waals surface area contributed by atoms with E-state index in [9.17, 15) is 0 Å². The summed E-state index contributed by atoms with van der Waals surface area (Å²) in [6, 6.07) is 9.00. The molecular formula is C35H78. The maximum absolute atomic E-state index is 2.25. The van der Waals surface area contributed by atoms with Crippen molar-refractivity contribution >= 4 is 0 Å². The van der Waals surface area contributed by atoms with Crippen LogP contribution >= 0.6 is 0 Å². The quantitative estimate of drug-likeness (QED) is 0.333. The van der Waals surface area contributed by atoms with Crippen LogP contribution in [0.15, 0.2) is 24.3 Å². The molecule has 0 atom stereocenters. The molecule has 0 heteroatoms. The Balaban J connectivity index is -0.0000000631. The van der Waals surface area contributed by atoms with Crippen molar-refractivity contribution in [1.29, 1.82) is 0 Å². The van der Waals surface area contributed by atoms with Gasteiger partial charge in [-0.15, -0.1) is 0 Å². The number of hydrogen-bond acceptors (Lipinski definition) is 0. The molecule has 0 fully saturated rings. The van der Waals surface area contributed by atoms with Gasteiger partial charge in [-0.05, 0) is 38.2 Å². The van der Waals surface area contributed by atoms with E-state index in [0.29, 0.717) is 16.2 Å². The Hall–Kier alpha value is -0.780. The first-order valence-corrected chi connectivity index (χ1v) is 13.3. The van der Waals surface area contributed by atoms with Crippen LogP contribution in [0.5, 0.6) is 0 Å². The van der Waals surface area contributed by atoms with Gasteiger partial charge in [-0.2, -0.15) is 0 Å². The lowest BCUT2D eigenvalue weighted by Crippen LogP contribution is -2.14. The van der Waals surface area contributed by atoms with Crippen LogP contribution in [0.2, 0.25) is 0 Å². The third kappa shape index (κ3) is 71.9. The summed E-state index contributed by atoms with van der Waals surface area (Å²) in [6.07, 6.45) is 0. The van der Waals surface area contributed by atoms with Crippen molar-refractivity contribution in [3.05, 3.63) is 35.4 Å². The van der Waals surface area contributed by atoms with Crippen LogP contribution in [0.25, 0.3) is 0 Å². The van der Waals surface area contributed by atoms with Crippen molar-refractivity contribution < 1.29 is 0 Å². The third-order valence-corrected chi connectivity index (χ3v) is 2.62. The first-order chi connectivity index (χ1) is 14.2. The summed E-state index contributed by atoms with van der Waals surface area (Å²) in [4.78, 5) is 0. The molecule has 1 aromatic carbocycles. The minimum atomic E-state index is 0. The monoisotopic (exact) mass is 499 g/mol. The van der Waals surface area contributed by atoms with Gasteiger partial charge in [0.25, 0.3) is 0 Å². The lowest BCUT2D eigenvalue weighted by atomic mass is 9.82. The Kier molecular flexibility index (Phi) is 32.6. The summed E-state index contributed by atoms with van der Waals surface area (Å²) >= 11 is 0. The van der Waals surface area contributed by atoms with Crippen molar-refractivity contribution in [2.24, 2.45) is 16.2 Å². The SMILES string of the molecule is C.C.CC.CC.CC(C)(C)C.CC(C)(C)C.CC(C)(C)C.CC(C)(C)c1ccc(C(C)(C)C)cc1. The predicted molar refractivity (Wildman–Crippen MR) is 175 cm³/mol. The van der Waals surface area contributed by atoms with Gasteiger partial charge in [0, 0.05) is 0 Å². The van der Waals surface area contributed by atoms with Gasteiger partial charge in [0.05, 0.1) is 0 Å². The Labute approximate surface area is 229 Å². The minimum Gasteiger partial charge on any atom is -0.0776 e. The first kappa shape index (κ1) is 51.0. The van der Waals surface area contributed by atoms with Crippen LogP contribution in [0.3, 0.4) is 0 Å². The number of benzene rings is 1. The zero-order valence-electron chi connectivity index (χ0n) is 27.8. The second-order valence-corrected chi connectivity index (χ2v) is 15.1. The lowest BCUT2D eigenvalue weighted by molar-refractivity contribution is 0.469. The molecule has 0 amide bonds. The second-order valence-electron chi connectivity index (χ2n) is 15.1. The zero-order valence-corrected chi connectivity index (χ0v) is 27.8. The van der Waals surface area contributed by atoms with Gasteiger partial charge in [-0.25, -0.2) is 0 Å². The average molecular weight is 499 g/mol. The largest absolute Gasteiger partial charge is 0.0776 e. The molecule has 0 saturated heterocycles. The smallest absolute Gasteiger partial charge is 0.0132 e. The van der Waals surface area contributed by atoms with Gasteiger partial charge in [-0.3, -0.25) is 0 Å². The molecule has 0 aliphatic rings. The molecule has 0 radical (unpaired) electrons. The molecule has 0 spiro atoms. The van der Waals surface area contributed by atoms with E-state index < -0.39 is 0 Å². The van der Waals surface area contributed by atoms with E-state index in [4.69, 9.17) is 0 Å². The molecular weight excluding hydrogens is 420 g/mol. The predicted octanol–water partition coefficient (Wildman–Crippen LogP) is 13.8.